The van der Waals surface area contributed by atoms with Gasteiger partial charge >= 0.3 is 12.1 Å². The number of hydrogen-bond acceptors (Lipinski definition) is 5. The molecule has 1 amide bonds. The molecule has 1 spiro atoms. The second-order valence-electron chi connectivity index (χ2n) is 6.81. The van der Waals surface area contributed by atoms with Gasteiger partial charge < -0.3 is 14.4 Å². The number of nitrogens with zero attached hydrogens (tertiary/aromatic N) is 2. The van der Waals surface area contributed by atoms with E-state index < -0.39 is 5.54 Å². The molecule has 0 atom stereocenters. The first-order valence-electron chi connectivity index (χ1n) is 8.88. The lowest BCUT2D eigenvalue weighted by Gasteiger charge is -2.30. The minimum atomic E-state index is -0.592. The molecule has 1 aliphatic carbocycles. The molecule has 0 aromatic carbocycles. The molecule has 0 aromatic heterocycles. The van der Waals surface area contributed by atoms with Gasteiger partial charge in [0.2, 0.25) is 0 Å². The lowest BCUT2D eigenvalue weighted by atomic mass is 9.82. The fourth-order valence-electron chi connectivity index (χ4n) is 3.69. The summed E-state index contributed by atoms with van der Waals surface area (Å²) < 4.78 is 10.7. The number of cyclic esters (lactones) is 1. The number of hydrogen-bond donors (Lipinski definition) is 0. The molecule has 2 heterocycles. The maximum atomic E-state index is 12.3. The maximum Gasteiger partial charge on any atom is 0.409 e. The highest BCUT2D eigenvalue weighted by Crippen LogP contribution is 2.38. The molecule has 0 unspecified atom stereocenters. The average molecular weight is 322 g/mol. The van der Waals surface area contributed by atoms with Gasteiger partial charge in [-0.15, -0.1) is 0 Å². The second-order valence-corrected chi connectivity index (χ2v) is 6.81. The van der Waals surface area contributed by atoms with E-state index in [9.17, 15) is 9.59 Å². The van der Waals surface area contributed by atoms with Gasteiger partial charge in [0.15, 0.2) is 11.4 Å². The first-order chi connectivity index (χ1) is 11.1. The Morgan fingerprint density at radius 3 is 2.65 bits per heavy atom. The normalized spacial score (nSPS) is 24.5. The smallest absolute Gasteiger partial charge is 0.409 e. The van der Waals surface area contributed by atoms with Crippen molar-refractivity contribution in [3.8, 4) is 0 Å². The average Bonchev–Trinajstić information content (AvgIpc) is 2.90. The summed E-state index contributed by atoms with van der Waals surface area (Å²) in [6.07, 6.45) is 7.07. The highest BCUT2D eigenvalue weighted by Gasteiger charge is 2.48. The third kappa shape index (κ3) is 3.35. The van der Waals surface area contributed by atoms with Gasteiger partial charge in [-0.1, -0.05) is 26.2 Å². The summed E-state index contributed by atoms with van der Waals surface area (Å²) in [5.41, 5.74) is -0.592. The van der Waals surface area contributed by atoms with Gasteiger partial charge in [-0.05, 0) is 32.1 Å². The van der Waals surface area contributed by atoms with Crippen molar-refractivity contribution in [1.29, 1.82) is 0 Å². The number of ether oxygens (including phenoxy) is 2. The molecule has 3 aliphatic rings. The van der Waals surface area contributed by atoms with Crippen molar-refractivity contribution in [2.45, 2.75) is 63.8 Å². The summed E-state index contributed by atoms with van der Waals surface area (Å²) in [5, 5.41) is 0. The predicted octanol–water partition coefficient (Wildman–Crippen LogP) is 2.90. The van der Waals surface area contributed by atoms with Crippen LogP contribution in [0.3, 0.4) is 0 Å². The summed E-state index contributed by atoms with van der Waals surface area (Å²) in [5.74, 6) is 0.603. The van der Waals surface area contributed by atoms with Crippen molar-refractivity contribution in [3.63, 3.8) is 0 Å². The van der Waals surface area contributed by atoms with E-state index in [2.05, 4.69) is 0 Å². The van der Waals surface area contributed by atoms with Crippen molar-refractivity contribution in [3.05, 3.63) is 0 Å². The molecule has 128 valence electrons. The van der Waals surface area contributed by atoms with Crippen molar-refractivity contribution >= 4 is 18.0 Å². The van der Waals surface area contributed by atoms with Crippen LogP contribution in [0, 0.1) is 5.92 Å². The van der Waals surface area contributed by atoms with Crippen molar-refractivity contribution in [1.82, 2.24) is 4.90 Å². The molecule has 6 heteroatoms. The van der Waals surface area contributed by atoms with E-state index in [1.165, 1.54) is 6.42 Å². The molecule has 1 saturated heterocycles. The number of likely N-dealkylation sites (tertiary alicyclic amines) is 1. The maximum absolute atomic E-state index is 12.3. The van der Waals surface area contributed by atoms with Crippen LogP contribution >= 0.6 is 0 Å². The van der Waals surface area contributed by atoms with Gasteiger partial charge in [0.25, 0.3) is 0 Å². The monoisotopic (exact) mass is 322 g/mol. The number of carbonyl (C=O) groups excluding carboxylic acids is 2. The predicted molar refractivity (Wildman–Crippen MR) is 85.3 cm³/mol. The Bertz CT molecular complexity index is 489. The third-order valence-corrected chi connectivity index (χ3v) is 5.11. The van der Waals surface area contributed by atoms with Crippen LogP contribution in [0.15, 0.2) is 4.99 Å². The van der Waals surface area contributed by atoms with E-state index in [0.717, 1.165) is 44.9 Å². The zero-order chi connectivity index (χ0) is 16.3. The minimum absolute atomic E-state index is 0.149. The van der Waals surface area contributed by atoms with Gasteiger partial charge in [0, 0.05) is 19.0 Å². The molecule has 0 radical (unpaired) electrons. The molecule has 2 aliphatic heterocycles. The highest BCUT2D eigenvalue weighted by molar-refractivity contribution is 6.01. The van der Waals surface area contributed by atoms with Crippen LogP contribution in [0.5, 0.6) is 0 Å². The van der Waals surface area contributed by atoms with E-state index in [1.54, 1.807) is 4.90 Å². The highest BCUT2D eigenvalue weighted by atomic mass is 16.6. The summed E-state index contributed by atoms with van der Waals surface area (Å²) in [6.45, 7) is 3.71. The lowest BCUT2D eigenvalue weighted by Crippen LogP contribution is -2.40. The van der Waals surface area contributed by atoms with Crippen LogP contribution in [-0.2, 0) is 14.3 Å². The Balaban J connectivity index is 1.57. The fraction of sp³-hybridized carbons (Fsp3) is 0.824. The van der Waals surface area contributed by atoms with Crippen LogP contribution in [0.25, 0.3) is 0 Å². The summed E-state index contributed by atoms with van der Waals surface area (Å²) in [6, 6.07) is 0. The molecule has 0 bridgehead atoms. The quantitative estimate of drug-likeness (QED) is 0.749. The Hall–Kier alpha value is -1.59. The van der Waals surface area contributed by atoms with Crippen LogP contribution in [0.4, 0.5) is 4.79 Å². The summed E-state index contributed by atoms with van der Waals surface area (Å²) >= 11 is 0. The van der Waals surface area contributed by atoms with E-state index in [-0.39, 0.29) is 18.0 Å². The molecule has 0 aromatic rings. The lowest BCUT2D eigenvalue weighted by molar-refractivity contribution is -0.140. The molecule has 23 heavy (non-hydrogen) atoms. The van der Waals surface area contributed by atoms with E-state index in [0.29, 0.717) is 25.6 Å². The molecule has 0 N–H and O–H groups in total. The Morgan fingerprint density at radius 2 is 2.00 bits per heavy atom. The summed E-state index contributed by atoms with van der Waals surface area (Å²) in [4.78, 5) is 30.6. The van der Waals surface area contributed by atoms with Gasteiger partial charge in [0.05, 0.1) is 6.61 Å². The first kappa shape index (κ1) is 16.3. The molecule has 6 nitrogen and oxygen atoms in total. The van der Waals surface area contributed by atoms with Gasteiger partial charge in [-0.2, -0.15) is 0 Å². The number of carbonyl (C=O) groups is 2. The molecular weight excluding hydrogens is 296 g/mol. The van der Waals surface area contributed by atoms with Crippen LogP contribution < -0.4 is 0 Å². The second kappa shape index (κ2) is 6.89. The fourth-order valence-corrected chi connectivity index (χ4v) is 3.69. The van der Waals surface area contributed by atoms with Gasteiger partial charge in [0.1, 0.15) is 0 Å². The van der Waals surface area contributed by atoms with E-state index >= 15 is 0 Å². The summed E-state index contributed by atoms with van der Waals surface area (Å²) in [7, 11) is 0. The first-order valence-corrected chi connectivity index (χ1v) is 8.88. The van der Waals surface area contributed by atoms with Crippen LogP contribution in [-0.4, -0.2) is 48.1 Å². The standard InChI is InChI=1S/C17H26N2O4/c1-2-12-22-16(21)19-10-6-13(7-11-19)14-18-17(15(20)23-14)8-4-3-5-9-17/h13H,2-12H2,1H3. The van der Waals surface area contributed by atoms with Crippen LogP contribution in [0.1, 0.15) is 58.3 Å². The number of amides is 1. The SMILES string of the molecule is CCCOC(=O)N1CCC(C2=NC3(CCCCC3)C(=O)O2)CC1. The van der Waals surface area contributed by atoms with Gasteiger partial charge in [-0.3, -0.25) is 0 Å². The molecule has 1 saturated carbocycles. The van der Waals surface area contributed by atoms with Crippen molar-refractivity contribution in [2.24, 2.45) is 10.9 Å². The molecule has 3 rings (SSSR count). The van der Waals surface area contributed by atoms with Crippen molar-refractivity contribution in [2.75, 3.05) is 19.7 Å². The number of rotatable bonds is 3. The largest absolute Gasteiger partial charge is 0.449 e. The van der Waals surface area contributed by atoms with Gasteiger partial charge in [-0.25, -0.2) is 14.6 Å². The zero-order valence-electron chi connectivity index (χ0n) is 13.9. The molecular formula is C17H26N2O4. The third-order valence-electron chi connectivity index (χ3n) is 5.11. The van der Waals surface area contributed by atoms with E-state index in [1.807, 2.05) is 6.92 Å². The number of piperidine rings is 1. The van der Waals surface area contributed by atoms with Crippen LogP contribution in [0.2, 0.25) is 0 Å². The molecule has 2 fully saturated rings. The minimum Gasteiger partial charge on any atom is -0.449 e. The Morgan fingerprint density at radius 1 is 1.30 bits per heavy atom. The van der Waals surface area contributed by atoms with Crippen molar-refractivity contribution < 1.29 is 19.1 Å². The Labute approximate surface area is 137 Å². The number of esters is 1. The Kier molecular flexibility index (Phi) is 4.87. The topological polar surface area (TPSA) is 68.2 Å². The zero-order valence-corrected chi connectivity index (χ0v) is 13.9. The number of aliphatic imine (C=N–C) groups is 1. The van der Waals surface area contributed by atoms with E-state index in [4.69, 9.17) is 14.5 Å².